The molecule has 5 heteroatoms. The van der Waals surface area contributed by atoms with Crippen LogP contribution in [0.1, 0.15) is 41.7 Å². The molecule has 2 aromatic rings. The highest BCUT2D eigenvalue weighted by Crippen LogP contribution is 2.19. The summed E-state index contributed by atoms with van der Waals surface area (Å²) >= 11 is 0. The molecular weight excluding hydrogens is 281 g/mol. The van der Waals surface area contributed by atoms with Crippen molar-refractivity contribution in [1.82, 2.24) is 10.3 Å². The van der Waals surface area contributed by atoms with Gasteiger partial charge in [-0.3, -0.25) is 9.78 Å². The molecule has 0 bridgehead atoms. The van der Waals surface area contributed by atoms with Crippen LogP contribution in [0.25, 0.3) is 10.9 Å². The van der Waals surface area contributed by atoms with E-state index in [1.54, 1.807) is 12.1 Å². The van der Waals surface area contributed by atoms with E-state index >= 15 is 0 Å². The van der Waals surface area contributed by atoms with Gasteiger partial charge in [-0.05, 0) is 50.6 Å². The van der Waals surface area contributed by atoms with E-state index in [9.17, 15) is 9.18 Å². The summed E-state index contributed by atoms with van der Waals surface area (Å²) in [6.45, 7) is 3.15. The highest BCUT2D eigenvalue weighted by Gasteiger charge is 2.12. The average Bonchev–Trinajstić information content (AvgIpc) is 2.50. The molecular formula is C17H22FN3O. The minimum Gasteiger partial charge on any atom is -0.352 e. The lowest BCUT2D eigenvalue weighted by molar-refractivity contribution is 0.0954. The summed E-state index contributed by atoms with van der Waals surface area (Å²) < 4.78 is 13.4. The van der Waals surface area contributed by atoms with Crippen LogP contribution in [0.5, 0.6) is 0 Å². The Labute approximate surface area is 129 Å². The molecule has 0 unspecified atom stereocenters. The molecule has 0 saturated carbocycles. The van der Waals surface area contributed by atoms with Crippen molar-refractivity contribution < 1.29 is 9.18 Å². The second kappa shape index (κ2) is 7.84. The van der Waals surface area contributed by atoms with Gasteiger partial charge in [0.15, 0.2) is 0 Å². The van der Waals surface area contributed by atoms with Crippen molar-refractivity contribution in [2.24, 2.45) is 5.73 Å². The topological polar surface area (TPSA) is 68.0 Å². The molecule has 1 aromatic carbocycles. The van der Waals surface area contributed by atoms with Gasteiger partial charge in [-0.25, -0.2) is 4.39 Å². The largest absolute Gasteiger partial charge is 0.352 e. The lowest BCUT2D eigenvalue weighted by atomic mass is 10.1. The van der Waals surface area contributed by atoms with Crippen LogP contribution in [0, 0.1) is 12.7 Å². The summed E-state index contributed by atoms with van der Waals surface area (Å²) in [5, 5.41) is 3.44. The monoisotopic (exact) mass is 303 g/mol. The first-order valence-electron chi connectivity index (χ1n) is 7.67. The number of rotatable bonds is 7. The van der Waals surface area contributed by atoms with E-state index in [0.717, 1.165) is 31.4 Å². The Bertz CT molecular complexity index is 658. The van der Waals surface area contributed by atoms with Crippen molar-refractivity contribution in [3.8, 4) is 0 Å². The predicted octanol–water partition coefficient (Wildman–Crippen LogP) is 2.93. The Morgan fingerprint density at radius 1 is 1.23 bits per heavy atom. The van der Waals surface area contributed by atoms with Crippen molar-refractivity contribution in [3.63, 3.8) is 0 Å². The first-order chi connectivity index (χ1) is 10.6. The molecule has 118 valence electrons. The number of aromatic nitrogens is 1. The molecule has 0 aliphatic heterocycles. The van der Waals surface area contributed by atoms with Crippen molar-refractivity contribution in [3.05, 3.63) is 41.3 Å². The maximum absolute atomic E-state index is 13.4. The number of hydrogen-bond acceptors (Lipinski definition) is 3. The molecule has 0 aliphatic carbocycles. The fraction of sp³-hybridized carbons (Fsp3) is 0.412. The van der Waals surface area contributed by atoms with Crippen molar-refractivity contribution in [2.75, 3.05) is 13.1 Å². The van der Waals surface area contributed by atoms with Crippen molar-refractivity contribution >= 4 is 16.8 Å². The second-order valence-electron chi connectivity index (χ2n) is 5.43. The van der Waals surface area contributed by atoms with Gasteiger partial charge in [0.25, 0.3) is 5.91 Å². The highest BCUT2D eigenvalue weighted by molar-refractivity contribution is 6.06. The summed E-state index contributed by atoms with van der Waals surface area (Å²) in [4.78, 5) is 16.7. The Morgan fingerprint density at radius 2 is 2.00 bits per heavy atom. The molecule has 1 heterocycles. The Balaban J connectivity index is 2.06. The average molecular weight is 303 g/mol. The first kappa shape index (κ1) is 16.4. The van der Waals surface area contributed by atoms with Crippen molar-refractivity contribution in [1.29, 1.82) is 0 Å². The number of fused-ring (bicyclic) bond motifs is 1. The van der Waals surface area contributed by atoms with E-state index in [1.807, 2.05) is 6.92 Å². The number of nitrogens with one attached hydrogen (secondary N) is 1. The van der Waals surface area contributed by atoms with Gasteiger partial charge in [0.05, 0.1) is 11.1 Å². The third-order valence-electron chi connectivity index (χ3n) is 3.56. The molecule has 0 spiro atoms. The third kappa shape index (κ3) is 4.24. The summed E-state index contributed by atoms with van der Waals surface area (Å²) in [7, 11) is 0. The van der Waals surface area contributed by atoms with Gasteiger partial charge in [-0.2, -0.15) is 0 Å². The van der Waals surface area contributed by atoms with E-state index in [0.29, 0.717) is 29.6 Å². The minimum absolute atomic E-state index is 0.181. The molecule has 1 amide bonds. The second-order valence-corrected chi connectivity index (χ2v) is 5.43. The van der Waals surface area contributed by atoms with Crippen LogP contribution in [0.3, 0.4) is 0 Å². The lowest BCUT2D eigenvalue weighted by Crippen LogP contribution is -2.25. The lowest BCUT2D eigenvalue weighted by Gasteiger charge is -2.09. The first-order valence-corrected chi connectivity index (χ1v) is 7.67. The van der Waals surface area contributed by atoms with E-state index in [4.69, 9.17) is 5.73 Å². The van der Waals surface area contributed by atoms with Gasteiger partial charge in [0, 0.05) is 17.6 Å². The molecule has 0 atom stereocenters. The fourth-order valence-electron chi connectivity index (χ4n) is 2.44. The van der Waals surface area contributed by atoms with Gasteiger partial charge in [-0.1, -0.05) is 12.8 Å². The summed E-state index contributed by atoms with van der Waals surface area (Å²) in [6.07, 6.45) is 4.06. The van der Waals surface area contributed by atoms with Crippen LogP contribution in [-0.2, 0) is 0 Å². The normalized spacial score (nSPS) is 10.9. The molecule has 1 aromatic heterocycles. The SMILES string of the molecule is Cc1cc(C(=O)NCCCCCCN)c2cc(F)ccc2n1. The zero-order valence-electron chi connectivity index (χ0n) is 12.9. The Hall–Kier alpha value is -2.01. The molecule has 0 aliphatic rings. The maximum Gasteiger partial charge on any atom is 0.252 e. The van der Waals surface area contributed by atoms with Gasteiger partial charge >= 0.3 is 0 Å². The molecule has 0 fully saturated rings. The Morgan fingerprint density at radius 3 is 2.77 bits per heavy atom. The maximum atomic E-state index is 13.4. The van der Waals surface area contributed by atoms with Crippen molar-refractivity contribution in [2.45, 2.75) is 32.6 Å². The smallest absolute Gasteiger partial charge is 0.252 e. The van der Waals surface area contributed by atoms with Crippen LogP contribution >= 0.6 is 0 Å². The molecule has 22 heavy (non-hydrogen) atoms. The van der Waals surface area contributed by atoms with E-state index in [1.165, 1.54) is 12.1 Å². The van der Waals surface area contributed by atoms with Crippen LogP contribution in [0.4, 0.5) is 4.39 Å². The van der Waals surface area contributed by atoms with E-state index in [2.05, 4.69) is 10.3 Å². The molecule has 0 radical (unpaired) electrons. The minimum atomic E-state index is -0.367. The number of amides is 1. The Kier molecular flexibility index (Phi) is 5.83. The standard InChI is InChI=1S/C17H22FN3O/c1-12-10-15(14-11-13(18)6-7-16(14)21-12)17(22)20-9-5-3-2-4-8-19/h6-7,10-11H,2-5,8-9,19H2,1H3,(H,20,22). The number of carbonyl (C=O) groups is 1. The number of nitrogens with two attached hydrogens (primary N) is 1. The molecule has 4 nitrogen and oxygen atoms in total. The predicted molar refractivity (Wildman–Crippen MR) is 86.3 cm³/mol. The molecule has 0 saturated heterocycles. The van der Waals surface area contributed by atoms with Gasteiger partial charge in [-0.15, -0.1) is 0 Å². The summed E-state index contributed by atoms with van der Waals surface area (Å²) in [5.41, 5.74) is 7.29. The number of pyridine rings is 1. The number of unbranched alkanes of at least 4 members (excludes halogenated alkanes) is 3. The third-order valence-corrected chi connectivity index (χ3v) is 3.56. The number of aryl methyl sites for hydroxylation is 1. The number of carbonyl (C=O) groups excluding carboxylic acids is 1. The van der Waals surface area contributed by atoms with E-state index < -0.39 is 0 Å². The summed E-state index contributed by atoms with van der Waals surface area (Å²) in [5.74, 6) is -0.547. The van der Waals surface area contributed by atoms with Gasteiger partial charge < -0.3 is 11.1 Å². The zero-order chi connectivity index (χ0) is 15.9. The zero-order valence-corrected chi connectivity index (χ0v) is 12.9. The van der Waals surface area contributed by atoms with Gasteiger partial charge in [0.1, 0.15) is 5.82 Å². The van der Waals surface area contributed by atoms with E-state index in [-0.39, 0.29) is 11.7 Å². The van der Waals surface area contributed by atoms with Crippen LogP contribution in [0.2, 0.25) is 0 Å². The quantitative estimate of drug-likeness (QED) is 0.773. The molecule has 2 rings (SSSR count). The number of hydrogen-bond donors (Lipinski definition) is 2. The number of nitrogens with zero attached hydrogens (tertiary/aromatic N) is 1. The van der Waals surface area contributed by atoms with Crippen LogP contribution in [0.15, 0.2) is 24.3 Å². The fourth-order valence-corrected chi connectivity index (χ4v) is 2.44. The van der Waals surface area contributed by atoms with Gasteiger partial charge in [0.2, 0.25) is 0 Å². The number of benzene rings is 1. The summed E-state index contributed by atoms with van der Waals surface area (Å²) in [6, 6.07) is 6.01. The highest BCUT2D eigenvalue weighted by atomic mass is 19.1. The molecule has 3 N–H and O–H groups in total. The number of halogens is 1. The van der Waals surface area contributed by atoms with Crippen LogP contribution in [-0.4, -0.2) is 24.0 Å². The van der Waals surface area contributed by atoms with Crippen LogP contribution < -0.4 is 11.1 Å².